The van der Waals surface area contributed by atoms with Crippen LogP contribution in [0.4, 0.5) is 0 Å². The number of carbonyl (C=O) groups is 1. The summed E-state index contributed by atoms with van der Waals surface area (Å²) in [4.78, 5) is 11.6. The van der Waals surface area contributed by atoms with Crippen molar-refractivity contribution in [1.29, 1.82) is 0 Å². The first-order chi connectivity index (χ1) is 9.82. The third-order valence-electron chi connectivity index (χ3n) is 3.23. The van der Waals surface area contributed by atoms with Gasteiger partial charge in [-0.25, -0.2) is 0 Å². The van der Waals surface area contributed by atoms with Crippen molar-refractivity contribution in [2.24, 2.45) is 0 Å². The molecular formula is C17H29ClN2O2. The highest BCUT2D eigenvalue weighted by Gasteiger charge is 2.13. The number of hydrogen-bond acceptors (Lipinski definition) is 3. The van der Waals surface area contributed by atoms with E-state index in [2.05, 4.69) is 43.5 Å². The lowest BCUT2D eigenvalue weighted by atomic mass is 9.87. The molecule has 4 nitrogen and oxygen atoms in total. The van der Waals surface area contributed by atoms with Crippen LogP contribution >= 0.6 is 12.4 Å². The Hall–Kier alpha value is -1.26. The number of hydrogen-bond donors (Lipinski definition) is 2. The molecule has 1 aromatic carbocycles. The Balaban J connectivity index is 0.00000441. The van der Waals surface area contributed by atoms with Gasteiger partial charge < -0.3 is 15.4 Å². The lowest BCUT2D eigenvalue weighted by Crippen LogP contribution is -2.37. The molecule has 1 atom stereocenters. The smallest absolute Gasteiger partial charge is 0.221 e. The van der Waals surface area contributed by atoms with Crippen LogP contribution in [0.5, 0.6) is 5.75 Å². The van der Waals surface area contributed by atoms with Crippen molar-refractivity contribution in [2.75, 3.05) is 20.2 Å². The van der Waals surface area contributed by atoms with Crippen LogP contribution < -0.4 is 15.4 Å². The average molecular weight is 329 g/mol. The summed E-state index contributed by atoms with van der Waals surface area (Å²) >= 11 is 0. The van der Waals surface area contributed by atoms with Crippen LogP contribution in [0.15, 0.2) is 24.3 Å². The van der Waals surface area contributed by atoms with E-state index in [9.17, 15) is 4.79 Å². The van der Waals surface area contributed by atoms with E-state index in [1.54, 1.807) is 0 Å². The maximum absolute atomic E-state index is 11.6. The maximum atomic E-state index is 11.6. The molecule has 0 aromatic heterocycles. The van der Waals surface area contributed by atoms with Crippen LogP contribution in [0.25, 0.3) is 0 Å². The van der Waals surface area contributed by atoms with Gasteiger partial charge in [0.25, 0.3) is 0 Å². The average Bonchev–Trinajstić information content (AvgIpc) is 2.42. The molecule has 0 bridgehead atoms. The molecule has 0 heterocycles. The molecule has 1 rings (SSSR count). The van der Waals surface area contributed by atoms with Gasteiger partial charge in [-0.2, -0.15) is 0 Å². The molecule has 22 heavy (non-hydrogen) atoms. The molecule has 0 aliphatic rings. The highest BCUT2D eigenvalue weighted by Crippen LogP contribution is 2.24. The fourth-order valence-corrected chi connectivity index (χ4v) is 1.90. The first kappa shape index (κ1) is 20.7. The van der Waals surface area contributed by atoms with Crippen LogP contribution in [0.3, 0.4) is 0 Å². The maximum Gasteiger partial charge on any atom is 0.221 e. The number of carbonyl (C=O) groups excluding carboxylic acids is 1. The SMILES string of the molecule is CNCCC(=O)NC(C)COc1ccc(C(C)(C)C)cc1.Cl. The topological polar surface area (TPSA) is 50.4 Å². The number of ether oxygens (including phenoxy) is 1. The van der Waals surface area contributed by atoms with Crippen molar-refractivity contribution >= 4 is 18.3 Å². The fourth-order valence-electron chi connectivity index (χ4n) is 1.90. The number of nitrogens with one attached hydrogen (secondary N) is 2. The Kier molecular flexibility index (Phi) is 9.14. The number of benzene rings is 1. The summed E-state index contributed by atoms with van der Waals surface area (Å²) < 4.78 is 5.71. The predicted molar refractivity (Wildman–Crippen MR) is 94.0 cm³/mol. The van der Waals surface area contributed by atoms with E-state index in [1.165, 1.54) is 5.56 Å². The predicted octanol–water partition coefficient (Wildman–Crippen LogP) is 2.90. The monoisotopic (exact) mass is 328 g/mol. The van der Waals surface area contributed by atoms with Crippen molar-refractivity contribution in [1.82, 2.24) is 10.6 Å². The summed E-state index contributed by atoms with van der Waals surface area (Å²) in [7, 11) is 1.83. The van der Waals surface area contributed by atoms with E-state index in [0.717, 1.165) is 5.75 Å². The van der Waals surface area contributed by atoms with Gasteiger partial charge in [-0.05, 0) is 37.1 Å². The van der Waals surface area contributed by atoms with Gasteiger partial charge in [0.05, 0.1) is 6.04 Å². The lowest BCUT2D eigenvalue weighted by Gasteiger charge is -2.20. The van der Waals surface area contributed by atoms with Crippen molar-refractivity contribution in [2.45, 2.75) is 45.6 Å². The van der Waals surface area contributed by atoms with Crippen LogP contribution in [0, 0.1) is 0 Å². The Bertz CT molecular complexity index is 441. The quantitative estimate of drug-likeness (QED) is 0.809. The minimum atomic E-state index is -0.00310. The van der Waals surface area contributed by atoms with Crippen LogP contribution in [-0.2, 0) is 10.2 Å². The van der Waals surface area contributed by atoms with E-state index in [-0.39, 0.29) is 29.8 Å². The summed E-state index contributed by atoms with van der Waals surface area (Å²) in [6, 6.07) is 8.14. The fraction of sp³-hybridized carbons (Fsp3) is 0.588. The van der Waals surface area contributed by atoms with Gasteiger partial charge in [-0.1, -0.05) is 32.9 Å². The van der Waals surface area contributed by atoms with Crippen LogP contribution in [-0.4, -0.2) is 32.1 Å². The molecule has 0 aliphatic carbocycles. The molecule has 0 aliphatic heterocycles. The van der Waals surface area contributed by atoms with Gasteiger partial charge in [-0.3, -0.25) is 4.79 Å². The van der Waals surface area contributed by atoms with Gasteiger partial charge >= 0.3 is 0 Å². The third kappa shape index (κ3) is 7.66. The van der Waals surface area contributed by atoms with Gasteiger partial charge in [-0.15, -0.1) is 12.4 Å². The molecule has 0 saturated heterocycles. The molecule has 0 saturated carbocycles. The minimum absolute atomic E-state index is 0. The zero-order valence-corrected chi connectivity index (χ0v) is 15.0. The molecule has 126 valence electrons. The van der Waals surface area contributed by atoms with Crippen molar-refractivity contribution in [3.63, 3.8) is 0 Å². The van der Waals surface area contributed by atoms with E-state index < -0.39 is 0 Å². The Labute approximate surface area is 140 Å². The summed E-state index contributed by atoms with van der Waals surface area (Å²) in [6.07, 6.45) is 0.487. The highest BCUT2D eigenvalue weighted by molar-refractivity contribution is 5.85. The second kappa shape index (κ2) is 9.70. The largest absolute Gasteiger partial charge is 0.491 e. The lowest BCUT2D eigenvalue weighted by molar-refractivity contribution is -0.121. The Morgan fingerprint density at radius 3 is 2.32 bits per heavy atom. The Morgan fingerprint density at radius 1 is 1.23 bits per heavy atom. The standard InChI is InChI=1S/C17H28N2O2.ClH/c1-13(19-16(20)10-11-18-5)12-21-15-8-6-14(7-9-15)17(2,3)4;/h6-9,13,18H,10-12H2,1-5H3,(H,19,20);1H. The first-order valence-electron chi connectivity index (χ1n) is 7.50. The molecular weight excluding hydrogens is 300 g/mol. The zero-order valence-electron chi connectivity index (χ0n) is 14.2. The van der Waals surface area contributed by atoms with Gasteiger partial charge in [0.2, 0.25) is 5.91 Å². The molecule has 1 amide bonds. The summed E-state index contributed by atoms with van der Waals surface area (Å²) in [6.45, 7) is 9.66. The van der Waals surface area contributed by atoms with Crippen molar-refractivity contribution in [3.05, 3.63) is 29.8 Å². The second-order valence-corrected chi connectivity index (χ2v) is 6.41. The molecule has 0 fully saturated rings. The van der Waals surface area contributed by atoms with Crippen molar-refractivity contribution < 1.29 is 9.53 Å². The van der Waals surface area contributed by atoms with E-state index in [4.69, 9.17) is 4.74 Å². The zero-order chi connectivity index (χ0) is 15.9. The number of rotatable bonds is 7. The van der Waals surface area contributed by atoms with Gasteiger partial charge in [0.15, 0.2) is 0 Å². The molecule has 0 spiro atoms. The molecule has 5 heteroatoms. The summed E-state index contributed by atoms with van der Waals surface area (Å²) in [5.41, 5.74) is 1.43. The van der Waals surface area contributed by atoms with Crippen LogP contribution in [0.1, 0.15) is 39.7 Å². The van der Waals surface area contributed by atoms with Gasteiger partial charge in [0.1, 0.15) is 12.4 Å². The summed E-state index contributed by atoms with van der Waals surface area (Å²) in [5.74, 6) is 0.878. The first-order valence-corrected chi connectivity index (χ1v) is 7.50. The number of amides is 1. The van der Waals surface area contributed by atoms with E-state index >= 15 is 0 Å². The van der Waals surface area contributed by atoms with E-state index in [0.29, 0.717) is 19.6 Å². The minimum Gasteiger partial charge on any atom is -0.491 e. The molecule has 1 aromatic rings. The Morgan fingerprint density at radius 2 is 1.82 bits per heavy atom. The summed E-state index contributed by atoms with van der Waals surface area (Å²) in [5, 5.41) is 5.87. The highest BCUT2D eigenvalue weighted by atomic mass is 35.5. The molecule has 2 N–H and O–H groups in total. The number of halogens is 1. The second-order valence-electron chi connectivity index (χ2n) is 6.41. The normalized spacial score (nSPS) is 12.2. The van der Waals surface area contributed by atoms with E-state index in [1.807, 2.05) is 26.1 Å². The van der Waals surface area contributed by atoms with Crippen LogP contribution in [0.2, 0.25) is 0 Å². The molecule has 1 unspecified atom stereocenters. The molecule has 0 radical (unpaired) electrons. The van der Waals surface area contributed by atoms with Crippen molar-refractivity contribution in [3.8, 4) is 5.75 Å². The van der Waals surface area contributed by atoms with Gasteiger partial charge in [0, 0.05) is 13.0 Å². The third-order valence-corrected chi connectivity index (χ3v) is 3.23.